The molecule has 3 rings (SSSR count). The number of carbonyl (C=O) groups is 17. The van der Waals surface area contributed by atoms with Crippen molar-refractivity contribution in [1.29, 1.82) is 0 Å². The van der Waals surface area contributed by atoms with Crippen molar-refractivity contribution < 1.29 is 102 Å². The molecule has 16 atom stereocenters. The molecular weight excluding hydrogens is 1510 g/mol. The van der Waals surface area contributed by atoms with Crippen LogP contribution in [0.2, 0.25) is 0 Å². The second-order valence-electron chi connectivity index (χ2n) is 35.3. The van der Waals surface area contributed by atoms with Crippen LogP contribution in [0.4, 0.5) is 0 Å². The van der Waals surface area contributed by atoms with E-state index in [1.807, 2.05) is 0 Å². The van der Waals surface area contributed by atoms with Crippen LogP contribution < -0.4 is 69.1 Å². The zero-order valence-corrected chi connectivity index (χ0v) is 72.8. The number of likely N-dealkylation sites (tertiary alicyclic amines) is 3. The molecule has 37 heteroatoms. The van der Waals surface area contributed by atoms with Crippen molar-refractivity contribution in [3.8, 4) is 0 Å². The van der Waals surface area contributed by atoms with Crippen molar-refractivity contribution in [2.75, 3.05) is 26.2 Å². The quantitative estimate of drug-likeness (QED) is 0.0352. The number of aliphatic hydroxyl groups is 3. The lowest BCUT2D eigenvalue weighted by molar-refractivity contribution is -0.148. The molecule has 0 aromatic carbocycles. The summed E-state index contributed by atoms with van der Waals surface area (Å²) in [6.45, 7) is 36.4. The minimum absolute atomic E-state index is 0.0133. The van der Waals surface area contributed by atoms with Gasteiger partial charge in [-0.1, -0.05) is 89.5 Å². The molecule has 3 fully saturated rings. The summed E-state index contributed by atoms with van der Waals surface area (Å²) in [5.74, 6) is -15.0. The van der Waals surface area contributed by atoms with E-state index in [0.29, 0.717) is 6.42 Å². The number of carboxylic acid groups (broad SMARTS) is 1. The molecule has 0 aromatic rings. The summed E-state index contributed by atoms with van der Waals surface area (Å²) >= 11 is 0. The number of β-amino-alcohol motifs (C(OH)–C–C–N with tert-alkyl or cyclic N) is 3. The van der Waals surface area contributed by atoms with Gasteiger partial charge in [0.1, 0.15) is 92.6 Å². The Bertz CT molecular complexity index is 3670. The molecule has 658 valence electrons. The molecule has 3 heterocycles. The van der Waals surface area contributed by atoms with Crippen LogP contribution in [0.3, 0.4) is 0 Å². The number of rotatable bonds is 41. The van der Waals surface area contributed by atoms with E-state index in [0.717, 1.165) is 9.80 Å². The van der Waals surface area contributed by atoms with Crippen molar-refractivity contribution in [3.05, 3.63) is 0 Å². The van der Waals surface area contributed by atoms with Gasteiger partial charge in [-0.05, 0) is 152 Å². The van der Waals surface area contributed by atoms with Gasteiger partial charge in [-0.3, -0.25) is 81.5 Å². The monoisotopic (exact) mass is 1650 g/mol. The fraction of sp³-hybridized carbons (Fsp3) is 0.785. The molecular formula is C79H136N16O21. The molecule has 116 heavy (non-hydrogen) atoms. The van der Waals surface area contributed by atoms with E-state index >= 15 is 0 Å². The number of nitrogens with zero attached hydrogens (tertiary/aromatic N) is 3. The van der Waals surface area contributed by atoms with Crippen LogP contribution in [-0.4, -0.2) is 266 Å². The smallest absolute Gasteiger partial charge is 0.322 e. The van der Waals surface area contributed by atoms with Crippen molar-refractivity contribution in [2.24, 2.45) is 17.8 Å². The number of carbonyl (C=O) groups excluding carboxylic acids is 16. The van der Waals surface area contributed by atoms with Crippen molar-refractivity contribution in [2.45, 2.75) is 355 Å². The second-order valence-corrected chi connectivity index (χ2v) is 35.3. The topological polar surface area (TPSA) is 537 Å². The lowest BCUT2D eigenvalue weighted by Gasteiger charge is -2.39. The molecule has 0 bridgehead atoms. The highest BCUT2D eigenvalue weighted by Crippen LogP contribution is 2.30. The van der Waals surface area contributed by atoms with Crippen LogP contribution >= 0.6 is 0 Å². The molecule has 0 saturated carbocycles. The van der Waals surface area contributed by atoms with Crippen LogP contribution in [0.1, 0.15) is 250 Å². The highest BCUT2D eigenvalue weighted by molar-refractivity contribution is 6.04. The van der Waals surface area contributed by atoms with Gasteiger partial charge in [-0.2, -0.15) is 0 Å². The molecule has 37 nitrogen and oxygen atoms in total. The van der Waals surface area contributed by atoms with E-state index < -0.39 is 217 Å². The van der Waals surface area contributed by atoms with Crippen LogP contribution in [0.5, 0.6) is 0 Å². The number of nitrogens with one attached hydrogen (secondary N) is 13. The van der Waals surface area contributed by atoms with Gasteiger partial charge in [0.15, 0.2) is 0 Å². The number of carboxylic acids is 1. The predicted molar refractivity (Wildman–Crippen MR) is 427 cm³/mol. The van der Waals surface area contributed by atoms with Crippen molar-refractivity contribution >= 4 is 100 Å². The van der Waals surface area contributed by atoms with E-state index in [1.165, 1.54) is 94.9 Å². The third kappa shape index (κ3) is 25.4. The van der Waals surface area contributed by atoms with E-state index in [2.05, 4.69) is 69.1 Å². The van der Waals surface area contributed by atoms with Crippen LogP contribution in [0.25, 0.3) is 0 Å². The number of aliphatic carboxylic acids is 1. The van der Waals surface area contributed by atoms with Gasteiger partial charge in [0.25, 0.3) is 0 Å². The molecule has 2 unspecified atom stereocenters. The Morgan fingerprint density at radius 2 is 0.698 bits per heavy atom. The molecule has 0 radical (unpaired) electrons. The van der Waals surface area contributed by atoms with Crippen molar-refractivity contribution in [1.82, 2.24) is 83.8 Å². The number of hydrogen-bond acceptors (Lipinski definition) is 20. The number of amides is 16. The molecule has 0 aliphatic carbocycles. The van der Waals surface area contributed by atoms with Gasteiger partial charge in [0.05, 0.1) is 18.3 Å². The van der Waals surface area contributed by atoms with Gasteiger partial charge in [-0.15, -0.1) is 0 Å². The molecule has 16 amide bonds. The van der Waals surface area contributed by atoms with E-state index in [4.69, 9.17) is 5.11 Å². The van der Waals surface area contributed by atoms with Gasteiger partial charge in [-0.25, -0.2) is 0 Å². The fourth-order valence-corrected chi connectivity index (χ4v) is 13.6. The molecule has 3 aliphatic heterocycles. The first-order valence-corrected chi connectivity index (χ1v) is 40.4. The Morgan fingerprint density at radius 3 is 1.12 bits per heavy atom. The first kappa shape index (κ1) is 101. The molecule has 3 aliphatic rings. The predicted octanol–water partition coefficient (Wildman–Crippen LogP) is -0.921. The van der Waals surface area contributed by atoms with E-state index in [-0.39, 0.29) is 102 Å². The Labute approximate surface area is 682 Å². The Balaban J connectivity index is 1.80. The van der Waals surface area contributed by atoms with Crippen LogP contribution in [0, 0.1) is 17.8 Å². The summed E-state index contributed by atoms with van der Waals surface area (Å²) in [6.07, 6.45) is -3.95. The summed E-state index contributed by atoms with van der Waals surface area (Å²) in [4.78, 5) is 241. The second kappa shape index (κ2) is 40.3. The number of hydrogen-bond donors (Lipinski definition) is 17. The third-order valence-electron chi connectivity index (χ3n) is 23.0. The summed E-state index contributed by atoms with van der Waals surface area (Å²) < 4.78 is 0. The summed E-state index contributed by atoms with van der Waals surface area (Å²) in [5.41, 5.74) is -15.6. The zero-order valence-electron chi connectivity index (χ0n) is 72.8. The highest BCUT2D eigenvalue weighted by atomic mass is 16.4. The minimum atomic E-state index is -1.85. The normalized spacial score (nSPS) is 21.9. The highest BCUT2D eigenvalue weighted by Gasteiger charge is 2.53. The first-order chi connectivity index (χ1) is 53.2. The maximum atomic E-state index is 14.9. The average Bonchev–Trinajstić information content (AvgIpc) is 1.14. The van der Waals surface area contributed by atoms with Gasteiger partial charge in [0.2, 0.25) is 94.5 Å². The molecule has 0 aromatic heterocycles. The van der Waals surface area contributed by atoms with Crippen LogP contribution in [0.15, 0.2) is 0 Å². The number of aliphatic hydroxyl groups excluding tert-OH is 3. The standard InChI is InChI=1S/C79H136N16O21/c1-26-44(12)55(83-59(105)52-36-47(98)41-95(52)69(115)78(24,31-6)84-45(13)96)61(107)88-75(21,28-3)65(111)82-50(34-43(10)11)56(102)85-71(14,15)62(108)89-72(16,17)63(109)91-79(25,32-7)70(116)94-40-46(97)35-51(94)58(104)81-49(33-42(8)9)57(103)86-76(22,29-4)66(112)90-73(18,19)68(114)93-39-48(99)37-53(93)60(106)87-77(23,30-5)67(113)92-74(20,27-2)64(110)80-38-54(100)101/h42-44,46-53,55,97-99H,26-41H2,1-25H3,(H,80,110)(H,81,104)(H,82,111)(H,83,105)(H,84,96)(H,85,102)(H,86,103)(H,87,106)(H,88,107)(H,89,108)(H,90,112)(H,91,109)(H,92,113)(H,100,101)/t44-,46+,47+,48+,49-,50-,51-,52-,53-,55-,74?,75-,76-,77?,78+,79-/m0/s1. The lowest BCUT2D eigenvalue weighted by Crippen LogP contribution is -2.68. The summed E-state index contributed by atoms with van der Waals surface area (Å²) in [7, 11) is 0. The molecule has 17 N–H and O–H groups in total. The molecule has 3 saturated heterocycles. The first-order valence-electron chi connectivity index (χ1n) is 40.4. The Morgan fingerprint density at radius 1 is 0.362 bits per heavy atom. The maximum absolute atomic E-state index is 14.9. The van der Waals surface area contributed by atoms with Gasteiger partial charge in [0, 0.05) is 45.8 Å². The average molecular weight is 1650 g/mol. The fourth-order valence-electron chi connectivity index (χ4n) is 13.6. The van der Waals surface area contributed by atoms with Gasteiger partial charge >= 0.3 is 5.97 Å². The van der Waals surface area contributed by atoms with Crippen LogP contribution in [-0.2, 0) is 81.5 Å². The SMILES string of the molecule is CC[C@H](C)[C@H](NC(=O)[C@@H]1C[C@@H](O)CN1C(=O)[C@@](C)(CC)NC(C)=O)C(=O)N[C@@](C)(CC)C(=O)N[C@@H](CC(C)C)C(=O)NC(C)(C)C(=O)NC(C)(C)C(=O)N[C@@](C)(CC)C(=O)N1C[C@H](O)C[C@H]1C(=O)N[C@@H](CC(C)C)C(=O)N[C@@](C)(CC)C(=O)NC(C)(C)C(=O)N1C[C@H](O)C[C@H]1C(=O)NC(C)(CC)C(=O)NC(C)(CC)C(=O)NCC(=O)O. The Kier molecular flexibility index (Phi) is 35.2. The minimum Gasteiger partial charge on any atom is -0.480 e. The largest absolute Gasteiger partial charge is 0.480 e. The summed E-state index contributed by atoms with van der Waals surface area (Å²) in [5, 5.41) is 76.4. The van der Waals surface area contributed by atoms with Crippen molar-refractivity contribution in [3.63, 3.8) is 0 Å². The summed E-state index contributed by atoms with van der Waals surface area (Å²) in [6, 6.07) is -7.97. The maximum Gasteiger partial charge on any atom is 0.322 e. The van der Waals surface area contributed by atoms with E-state index in [1.54, 1.807) is 83.1 Å². The molecule has 0 spiro atoms. The van der Waals surface area contributed by atoms with E-state index in [9.17, 15) is 96.8 Å². The third-order valence-corrected chi connectivity index (χ3v) is 23.0. The zero-order chi connectivity index (χ0) is 89.5. The lowest BCUT2D eigenvalue weighted by atomic mass is 9.91. The van der Waals surface area contributed by atoms with Gasteiger partial charge < -0.3 is 104 Å². The Hall–Kier alpha value is -9.13.